The minimum absolute atomic E-state index is 0. The molecular formula is C12H10F4N3NaO5S. The quantitative estimate of drug-likeness (QED) is 0.0568. The van der Waals surface area contributed by atoms with E-state index in [2.05, 4.69) is 14.8 Å². The molecule has 0 saturated heterocycles. The van der Waals surface area contributed by atoms with Crippen LogP contribution in [0.3, 0.4) is 0 Å². The van der Waals surface area contributed by atoms with E-state index in [1.54, 1.807) is 0 Å². The van der Waals surface area contributed by atoms with Crippen LogP contribution in [-0.2, 0) is 14.9 Å². The van der Waals surface area contributed by atoms with Crippen LogP contribution < -0.4 is 34.3 Å². The smallest absolute Gasteiger partial charge is 0.744 e. The Labute approximate surface area is 167 Å². The second-order valence-corrected chi connectivity index (χ2v) is 5.92. The molecule has 1 aromatic carbocycles. The van der Waals surface area contributed by atoms with Gasteiger partial charge >= 0.3 is 35.5 Å². The fraction of sp³-hybridized carbons (Fsp3) is 0.417. The van der Waals surface area contributed by atoms with Crippen molar-refractivity contribution in [2.75, 3.05) is 6.54 Å². The topological polar surface area (TPSA) is 132 Å². The van der Waals surface area contributed by atoms with Gasteiger partial charge in [0.25, 0.3) is 0 Å². The third-order valence-corrected chi connectivity index (χ3v) is 3.71. The number of carbonyl (C=O) groups is 1. The number of rotatable bonds is 8. The van der Waals surface area contributed by atoms with Crippen molar-refractivity contribution in [2.45, 2.75) is 30.6 Å². The van der Waals surface area contributed by atoms with Crippen molar-refractivity contribution in [1.29, 1.82) is 0 Å². The molecule has 0 N–H and O–H groups in total. The van der Waals surface area contributed by atoms with Gasteiger partial charge in [0, 0.05) is 17.9 Å². The monoisotopic (exact) mass is 407 g/mol. The van der Waals surface area contributed by atoms with E-state index in [1.807, 2.05) is 0 Å². The number of hydrogen-bond donors (Lipinski definition) is 0. The van der Waals surface area contributed by atoms with Crippen LogP contribution in [0.15, 0.2) is 10.0 Å². The summed E-state index contributed by atoms with van der Waals surface area (Å²) in [6.45, 7) is 0.177. The van der Waals surface area contributed by atoms with Crippen LogP contribution >= 0.6 is 0 Å². The molecule has 0 fully saturated rings. The number of azide groups is 1. The third kappa shape index (κ3) is 6.41. The van der Waals surface area contributed by atoms with Crippen molar-refractivity contribution in [3.05, 3.63) is 33.7 Å². The SMILES string of the molecule is [N-]=[N+]=NCCCCCC(=O)Oc1c(F)c(F)c(S(=O)(=O)[O-])c(F)c1F.[Na+]. The van der Waals surface area contributed by atoms with Crippen LogP contribution in [-0.4, -0.2) is 25.5 Å². The Balaban J connectivity index is 0.00000625. The summed E-state index contributed by atoms with van der Waals surface area (Å²) < 4.78 is 90.3. The first-order chi connectivity index (χ1) is 11.6. The molecule has 14 heteroatoms. The Morgan fingerprint density at radius 1 is 1.08 bits per heavy atom. The zero-order valence-electron chi connectivity index (χ0n) is 13.3. The Hall–Kier alpha value is -1.37. The van der Waals surface area contributed by atoms with Crippen molar-refractivity contribution in [3.8, 4) is 5.75 Å². The van der Waals surface area contributed by atoms with Crippen molar-refractivity contribution in [1.82, 2.24) is 0 Å². The summed E-state index contributed by atoms with van der Waals surface area (Å²) in [6, 6.07) is 0. The van der Waals surface area contributed by atoms with Crippen molar-refractivity contribution in [3.63, 3.8) is 0 Å². The number of ether oxygens (including phenoxy) is 1. The average Bonchev–Trinajstić information content (AvgIpc) is 2.52. The minimum atomic E-state index is -5.83. The molecule has 138 valence electrons. The average molecular weight is 407 g/mol. The molecule has 1 aromatic rings. The van der Waals surface area contributed by atoms with Gasteiger partial charge in [-0.3, -0.25) is 4.79 Å². The van der Waals surface area contributed by atoms with Crippen LogP contribution in [0.25, 0.3) is 10.4 Å². The molecule has 0 spiro atoms. The molecule has 0 bridgehead atoms. The molecule has 0 saturated carbocycles. The number of nitrogens with zero attached hydrogens (tertiary/aromatic N) is 3. The molecule has 0 radical (unpaired) electrons. The van der Waals surface area contributed by atoms with Crippen LogP contribution in [0.4, 0.5) is 17.6 Å². The van der Waals surface area contributed by atoms with Gasteiger partial charge in [0.15, 0.2) is 11.6 Å². The van der Waals surface area contributed by atoms with E-state index in [0.717, 1.165) is 0 Å². The predicted molar refractivity (Wildman–Crippen MR) is 72.4 cm³/mol. The second-order valence-electron chi connectivity index (χ2n) is 4.61. The van der Waals surface area contributed by atoms with E-state index in [4.69, 9.17) is 5.53 Å². The van der Waals surface area contributed by atoms with Gasteiger partial charge < -0.3 is 9.29 Å². The maximum absolute atomic E-state index is 13.6. The predicted octanol–water partition coefficient (Wildman–Crippen LogP) is -0.0728. The molecule has 1 rings (SSSR count). The van der Waals surface area contributed by atoms with Gasteiger partial charge in [-0.2, -0.15) is 8.78 Å². The van der Waals surface area contributed by atoms with Gasteiger partial charge in [0.05, 0.1) is 0 Å². The van der Waals surface area contributed by atoms with E-state index < -0.39 is 50.0 Å². The molecule has 0 atom stereocenters. The summed E-state index contributed by atoms with van der Waals surface area (Å²) in [5.41, 5.74) is 8.04. The number of esters is 1. The number of unbranched alkanes of at least 4 members (excludes halogenated alkanes) is 2. The number of hydrogen-bond acceptors (Lipinski definition) is 6. The summed E-state index contributed by atoms with van der Waals surface area (Å²) in [6.07, 6.45) is 0.621. The maximum Gasteiger partial charge on any atom is 1.00 e. The van der Waals surface area contributed by atoms with E-state index in [9.17, 15) is 35.3 Å². The molecule has 0 aliphatic rings. The summed E-state index contributed by atoms with van der Waals surface area (Å²) in [5, 5.41) is 3.23. The number of carbonyl (C=O) groups excluding carboxylic acids is 1. The Kier molecular flexibility index (Phi) is 10.1. The normalized spacial score (nSPS) is 10.7. The fourth-order valence-electron chi connectivity index (χ4n) is 1.74. The van der Waals surface area contributed by atoms with Crippen LogP contribution in [0, 0.1) is 23.3 Å². The standard InChI is InChI=1S/C12H11F4N3O5S.Na/c13-7-9(15)12(25(21,22)23)10(16)8(14)11(7)24-6(20)4-2-1-3-5-18-19-17;/h1-5H2,(H,21,22,23);/q;+1/p-1. The minimum Gasteiger partial charge on any atom is -0.744 e. The molecule has 0 amide bonds. The van der Waals surface area contributed by atoms with Gasteiger partial charge in [0.1, 0.15) is 15.0 Å². The summed E-state index contributed by atoms with van der Waals surface area (Å²) in [5.74, 6) is -12.6. The second kappa shape index (κ2) is 10.7. The third-order valence-electron chi connectivity index (χ3n) is 2.85. The van der Waals surface area contributed by atoms with E-state index in [0.29, 0.717) is 12.8 Å². The van der Waals surface area contributed by atoms with Crippen LogP contribution in [0.2, 0.25) is 0 Å². The molecule has 8 nitrogen and oxygen atoms in total. The van der Waals surface area contributed by atoms with Gasteiger partial charge in [0.2, 0.25) is 17.4 Å². The summed E-state index contributed by atoms with van der Waals surface area (Å²) in [4.78, 5) is 11.6. The van der Waals surface area contributed by atoms with Crippen molar-refractivity contribution < 1.29 is 69.6 Å². The maximum atomic E-state index is 13.6. The van der Waals surface area contributed by atoms with Crippen molar-refractivity contribution in [2.24, 2.45) is 5.11 Å². The molecule has 0 aromatic heterocycles. The molecule has 0 aliphatic carbocycles. The van der Waals surface area contributed by atoms with Crippen molar-refractivity contribution >= 4 is 16.1 Å². The molecule has 26 heavy (non-hydrogen) atoms. The molecule has 0 heterocycles. The zero-order chi connectivity index (χ0) is 19.2. The first-order valence-corrected chi connectivity index (χ1v) is 8.05. The van der Waals surface area contributed by atoms with Gasteiger partial charge in [-0.1, -0.05) is 11.5 Å². The molecule has 0 aliphatic heterocycles. The first kappa shape index (κ1) is 24.6. The van der Waals surface area contributed by atoms with E-state index in [1.165, 1.54) is 0 Å². The summed E-state index contributed by atoms with van der Waals surface area (Å²) >= 11 is 0. The Bertz CT molecular complexity index is 802. The number of benzene rings is 1. The molecular weight excluding hydrogens is 397 g/mol. The molecule has 0 unspecified atom stereocenters. The van der Waals surface area contributed by atoms with Gasteiger partial charge in [-0.25, -0.2) is 17.2 Å². The Morgan fingerprint density at radius 3 is 2.08 bits per heavy atom. The first-order valence-electron chi connectivity index (χ1n) is 6.64. The van der Waals surface area contributed by atoms with E-state index in [-0.39, 0.29) is 48.9 Å². The summed E-state index contributed by atoms with van der Waals surface area (Å²) in [7, 11) is -5.83. The van der Waals surface area contributed by atoms with Gasteiger partial charge in [-0.15, -0.1) is 0 Å². The zero-order valence-corrected chi connectivity index (χ0v) is 16.2. The van der Waals surface area contributed by atoms with E-state index >= 15 is 0 Å². The van der Waals surface area contributed by atoms with Gasteiger partial charge in [-0.05, 0) is 18.4 Å². The Morgan fingerprint density at radius 2 is 1.62 bits per heavy atom. The van der Waals surface area contributed by atoms with Crippen LogP contribution in [0.5, 0.6) is 5.75 Å². The van der Waals surface area contributed by atoms with Crippen LogP contribution in [0.1, 0.15) is 25.7 Å². The largest absolute Gasteiger partial charge is 1.00 e. The fourth-order valence-corrected chi connectivity index (χ4v) is 2.36. The number of halogens is 4.